The third-order valence-electron chi connectivity index (χ3n) is 4.90. The zero-order chi connectivity index (χ0) is 20.2. The Bertz CT molecular complexity index is 1020. The highest BCUT2D eigenvalue weighted by molar-refractivity contribution is 7.10. The van der Waals surface area contributed by atoms with Crippen LogP contribution in [0.25, 0.3) is 0 Å². The number of nitrogens with one attached hydrogen (secondary N) is 2. The fourth-order valence-electron chi connectivity index (χ4n) is 3.63. The van der Waals surface area contributed by atoms with Crippen molar-refractivity contribution in [3.8, 4) is 0 Å². The molecular formula is C22H20FN3O2S. The van der Waals surface area contributed by atoms with Gasteiger partial charge in [-0.2, -0.15) is 0 Å². The van der Waals surface area contributed by atoms with Gasteiger partial charge in [0.2, 0.25) is 5.91 Å². The molecule has 4 rings (SSSR count). The van der Waals surface area contributed by atoms with Crippen LogP contribution < -0.4 is 10.6 Å². The Hall–Kier alpha value is -3.03. The number of halogens is 1. The van der Waals surface area contributed by atoms with Crippen molar-refractivity contribution in [3.05, 3.63) is 87.9 Å². The summed E-state index contributed by atoms with van der Waals surface area (Å²) in [4.78, 5) is 28.0. The van der Waals surface area contributed by atoms with E-state index < -0.39 is 17.8 Å². The van der Waals surface area contributed by atoms with Crippen molar-refractivity contribution in [2.75, 3.05) is 18.4 Å². The van der Waals surface area contributed by atoms with Gasteiger partial charge in [-0.25, -0.2) is 9.18 Å². The lowest BCUT2D eigenvalue weighted by molar-refractivity contribution is -0.121. The molecule has 1 aliphatic rings. The van der Waals surface area contributed by atoms with Crippen LogP contribution >= 0.6 is 11.3 Å². The lowest BCUT2D eigenvalue weighted by atomic mass is 9.93. The zero-order valence-corrected chi connectivity index (χ0v) is 16.4. The summed E-state index contributed by atoms with van der Waals surface area (Å²) in [5, 5.41) is 6.74. The monoisotopic (exact) mass is 409 g/mol. The molecule has 0 saturated carbocycles. The van der Waals surface area contributed by atoms with Gasteiger partial charge in [0.05, 0.1) is 18.3 Å². The molecule has 0 saturated heterocycles. The number of benzene rings is 2. The maximum atomic E-state index is 13.7. The average Bonchev–Trinajstić information content (AvgIpc) is 3.19. The minimum absolute atomic E-state index is 0.0286. The fourth-order valence-corrected chi connectivity index (χ4v) is 4.53. The molecule has 1 aromatic heterocycles. The number of fused-ring (bicyclic) bond motifs is 1. The number of imide groups is 1. The molecule has 0 bridgehead atoms. The van der Waals surface area contributed by atoms with Crippen LogP contribution in [0.5, 0.6) is 0 Å². The lowest BCUT2D eigenvalue weighted by Gasteiger charge is -2.35. The van der Waals surface area contributed by atoms with Crippen LogP contribution in [0.2, 0.25) is 0 Å². The smallest absolute Gasteiger partial charge is 0.305 e. The quantitative estimate of drug-likeness (QED) is 0.680. The number of anilines is 1. The normalized spacial score (nSPS) is 16.1. The first-order chi connectivity index (χ1) is 14.1. The van der Waals surface area contributed by atoms with Crippen molar-refractivity contribution < 1.29 is 14.0 Å². The molecule has 0 fully saturated rings. The van der Waals surface area contributed by atoms with E-state index in [2.05, 4.69) is 27.0 Å². The minimum atomic E-state index is -0.746. The van der Waals surface area contributed by atoms with Gasteiger partial charge in [-0.3, -0.25) is 15.0 Å². The summed E-state index contributed by atoms with van der Waals surface area (Å²) in [6.45, 7) is 0.787. The molecule has 148 valence electrons. The van der Waals surface area contributed by atoms with Crippen LogP contribution in [-0.4, -0.2) is 29.9 Å². The van der Waals surface area contributed by atoms with Gasteiger partial charge in [0.1, 0.15) is 5.82 Å². The zero-order valence-electron chi connectivity index (χ0n) is 15.6. The van der Waals surface area contributed by atoms with Crippen LogP contribution in [0.1, 0.15) is 22.0 Å². The molecule has 1 aliphatic heterocycles. The number of rotatable bonds is 4. The van der Waals surface area contributed by atoms with E-state index in [1.165, 1.54) is 28.6 Å². The van der Waals surface area contributed by atoms with Crippen LogP contribution in [0, 0.1) is 5.82 Å². The molecule has 2 aromatic carbocycles. The number of urea groups is 1. The molecule has 1 atom stereocenters. The molecule has 3 aromatic rings. The van der Waals surface area contributed by atoms with Crippen molar-refractivity contribution in [1.82, 2.24) is 10.2 Å². The highest BCUT2D eigenvalue weighted by atomic mass is 32.1. The third-order valence-corrected chi connectivity index (χ3v) is 5.90. The molecule has 29 heavy (non-hydrogen) atoms. The summed E-state index contributed by atoms with van der Waals surface area (Å²) in [5.41, 5.74) is 2.34. The summed E-state index contributed by atoms with van der Waals surface area (Å²) in [6, 6.07) is 17.2. The topological polar surface area (TPSA) is 61.4 Å². The van der Waals surface area contributed by atoms with Gasteiger partial charge in [0.25, 0.3) is 0 Å². The average molecular weight is 409 g/mol. The van der Waals surface area contributed by atoms with Crippen LogP contribution in [0.4, 0.5) is 14.9 Å². The van der Waals surface area contributed by atoms with Gasteiger partial charge >= 0.3 is 6.03 Å². The van der Waals surface area contributed by atoms with Crippen LogP contribution in [0.3, 0.4) is 0 Å². The Labute approximate surface area is 172 Å². The number of hydrogen-bond donors (Lipinski definition) is 2. The number of carbonyl (C=O) groups excluding carboxylic acids is 2. The van der Waals surface area contributed by atoms with E-state index in [1.807, 2.05) is 30.3 Å². The Balaban J connectivity index is 1.45. The van der Waals surface area contributed by atoms with E-state index in [0.717, 1.165) is 18.5 Å². The molecule has 0 radical (unpaired) electrons. The minimum Gasteiger partial charge on any atom is -0.305 e. The second-order valence-electron chi connectivity index (χ2n) is 6.81. The number of para-hydroxylation sites is 1. The largest absolute Gasteiger partial charge is 0.326 e. The predicted molar refractivity (Wildman–Crippen MR) is 111 cm³/mol. The second-order valence-corrected chi connectivity index (χ2v) is 7.82. The van der Waals surface area contributed by atoms with Crippen molar-refractivity contribution in [2.45, 2.75) is 12.5 Å². The summed E-state index contributed by atoms with van der Waals surface area (Å²) in [7, 11) is 0. The number of nitrogens with zero attached hydrogens (tertiary/aromatic N) is 1. The highest BCUT2D eigenvalue weighted by Gasteiger charge is 2.31. The van der Waals surface area contributed by atoms with E-state index >= 15 is 0 Å². The van der Waals surface area contributed by atoms with Crippen LogP contribution in [0.15, 0.2) is 66.0 Å². The van der Waals surface area contributed by atoms with E-state index in [1.54, 1.807) is 17.4 Å². The van der Waals surface area contributed by atoms with Crippen molar-refractivity contribution in [1.29, 1.82) is 0 Å². The Morgan fingerprint density at radius 3 is 2.62 bits per heavy atom. The van der Waals surface area contributed by atoms with Crippen molar-refractivity contribution in [3.63, 3.8) is 0 Å². The number of hydrogen-bond acceptors (Lipinski definition) is 4. The van der Waals surface area contributed by atoms with Gasteiger partial charge in [-0.1, -0.05) is 42.5 Å². The van der Waals surface area contributed by atoms with Gasteiger partial charge in [0, 0.05) is 11.4 Å². The molecule has 2 N–H and O–H groups in total. The Morgan fingerprint density at radius 2 is 1.83 bits per heavy atom. The van der Waals surface area contributed by atoms with E-state index in [0.29, 0.717) is 0 Å². The summed E-state index contributed by atoms with van der Waals surface area (Å²) >= 11 is 1.73. The molecule has 0 spiro atoms. The maximum absolute atomic E-state index is 13.7. The molecule has 5 nitrogen and oxygen atoms in total. The van der Waals surface area contributed by atoms with Crippen LogP contribution in [-0.2, 0) is 11.2 Å². The SMILES string of the molecule is O=C(CN1CCc2sccc2[C@@H]1c1ccccc1)NC(=O)Nc1ccccc1F. The standard InChI is InChI=1S/C22H20FN3O2S/c23-17-8-4-5-9-18(17)24-22(28)25-20(27)14-26-12-10-19-16(11-13-29-19)21(26)15-6-2-1-3-7-15/h1-9,11,13,21H,10,12,14H2,(H2,24,25,27,28)/t21-/m0/s1. The number of thiophene rings is 1. The third kappa shape index (κ3) is 4.36. The summed E-state index contributed by atoms with van der Waals surface area (Å²) in [5.74, 6) is -0.987. The van der Waals surface area contributed by atoms with Crippen molar-refractivity contribution >= 4 is 29.0 Å². The number of amides is 3. The first-order valence-corrected chi connectivity index (χ1v) is 10.2. The molecule has 7 heteroatoms. The highest BCUT2D eigenvalue weighted by Crippen LogP contribution is 2.37. The lowest BCUT2D eigenvalue weighted by Crippen LogP contribution is -2.45. The Kier molecular flexibility index (Phi) is 5.69. The first-order valence-electron chi connectivity index (χ1n) is 9.32. The van der Waals surface area contributed by atoms with Gasteiger partial charge in [-0.15, -0.1) is 11.3 Å². The maximum Gasteiger partial charge on any atom is 0.326 e. The summed E-state index contributed by atoms with van der Waals surface area (Å²) < 4.78 is 13.7. The van der Waals surface area contributed by atoms with Gasteiger partial charge < -0.3 is 5.32 Å². The Morgan fingerprint density at radius 1 is 1.07 bits per heavy atom. The van der Waals surface area contributed by atoms with Gasteiger partial charge in [0.15, 0.2) is 0 Å². The molecule has 0 aliphatic carbocycles. The van der Waals surface area contributed by atoms with E-state index in [-0.39, 0.29) is 18.3 Å². The molecule has 2 heterocycles. The molecule has 3 amide bonds. The summed E-state index contributed by atoms with van der Waals surface area (Å²) in [6.07, 6.45) is 0.866. The molecule has 0 unspecified atom stereocenters. The van der Waals surface area contributed by atoms with Gasteiger partial charge in [-0.05, 0) is 41.1 Å². The van der Waals surface area contributed by atoms with E-state index in [9.17, 15) is 14.0 Å². The second kappa shape index (κ2) is 8.55. The first kappa shape index (κ1) is 19.3. The van der Waals surface area contributed by atoms with Crippen molar-refractivity contribution in [2.24, 2.45) is 0 Å². The predicted octanol–water partition coefficient (Wildman–Crippen LogP) is 4.18. The van der Waals surface area contributed by atoms with E-state index in [4.69, 9.17) is 0 Å². The molecular weight excluding hydrogens is 389 g/mol. The number of carbonyl (C=O) groups is 2. The fraction of sp³-hybridized carbons (Fsp3) is 0.182.